The molecule has 2 aromatic heterocycles. The zero-order chi connectivity index (χ0) is 26.8. The minimum Gasteiger partial charge on any atom is -0.349 e. The average Bonchev–Trinajstić information content (AvgIpc) is 3.20. The van der Waals surface area contributed by atoms with E-state index in [0.717, 1.165) is 30.1 Å². The van der Waals surface area contributed by atoms with Gasteiger partial charge in [0.05, 0.1) is 32.9 Å². The van der Waals surface area contributed by atoms with E-state index in [-0.39, 0.29) is 28.2 Å². The summed E-state index contributed by atoms with van der Waals surface area (Å²) < 4.78 is 30.0. The number of nitrogens with one attached hydrogen (secondary N) is 1. The highest BCUT2D eigenvalue weighted by Gasteiger charge is 2.27. The van der Waals surface area contributed by atoms with Gasteiger partial charge in [-0.25, -0.2) is 13.6 Å². The number of hydrogen-bond donors (Lipinski definition) is 1. The quantitative estimate of drug-likeness (QED) is 0.346. The van der Waals surface area contributed by atoms with Crippen molar-refractivity contribution in [2.24, 2.45) is 5.92 Å². The summed E-state index contributed by atoms with van der Waals surface area (Å²) in [5, 5.41) is 12.5. The van der Waals surface area contributed by atoms with Crippen molar-refractivity contribution in [3.8, 4) is 11.8 Å². The standard InChI is InChI=1S/C28H24ClF2N5O2/c29-19-13-21(25(26(30)31)33-15-19)27(37)34-20-11-9-17(10-12-20)16-35-23-7-3-4-8-24(23)36(28(35)38)22-6-2-1-5-18(22)14-32/h1-8,13,15,17,20,26H,9-12,16H2,(H,34,37). The van der Waals surface area contributed by atoms with Crippen molar-refractivity contribution >= 4 is 28.5 Å². The fraction of sp³-hybridized carbons (Fsp3) is 0.286. The highest BCUT2D eigenvalue weighted by molar-refractivity contribution is 6.30. The molecule has 2 heterocycles. The van der Waals surface area contributed by atoms with Crippen LogP contribution in [-0.2, 0) is 6.54 Å². The van der Waals surface area contributed by atoms with Gasteiger partial charge in [-0.2, -0.15) is 5.26 Å². The van der Waals surface area contributed by atoms with Crippen LogP contribution in [0.15, 0.2) is 65.6 Å². The summed E-state index contributed by atoms with van der Waals surface area (Å²) in [5.74, 6) is -0.426. The molecule has 7 nitrogen and oxygen atoms in total. The van der Waals surface area contributed by atoms with Gasteiger partial charge in [-0.3, -0.25) is 18.9 Å². The van der Waals surface area contributed by atoms with E-state index in [1.807, 2.05) is 24.3 Å². The van der Waals surface area contributed by atoms with Crippen LogP contribution in [-0.4, -0.2) is 26.1 Å². The molecule has 194 valence electrons. The van der Waals surface area contributed by atoms with Crippen molar-refractivity contribution in [1.29, 1.82) is 5.26 Å². The molecule has 0 saturated heterocycles. The van der Waals surface area contributed by atoms with Gasteiger partial charge in [0.2, 0.25) is 0 Å². The number of rotatable bonds is 6. The maximum Gasteiger partial charge on any atom is 0.333 e. The van der Waals surface area contributed by atoms with Crippen molar-refractivity contribution in [1.82, 2.24) is 19.4 Å². The normalized spacial score (nSPS) is 17.4. The summed E-state index contributed by atoms with van der Waals surface area (Å²) >= 11 is 5.88. The first-order valence-electron chi connectivity index (χ1n) is 12.3. The summed E-state index contributed by atoms with van der Waals surface area (Å²) in [4.78, 5) is 29.9. The molecule has 0 aliphatic heterocycles. The molecule has 0 spiro atoms. The van der Waals surface area contributed by atoms with Gasteiger partial charge < -0.3 is 5.32 Å². The van der Waals surface area contributed by atoms with E-state index in [0.29, 0.717) is 30.6 Å². The molecule has 10 heteroatoms. The monoisotopic (exact) mass is 535 g/mol. The Morgan fingerprint density at radius 3 is 2.50 bits per heavy atom. The van der Waals surface area contributed by atoms with Crippen LogP contribution in [0.1, 0.15) is 53.7 Å². The third-order valence-electron chi connectivity index (χ3n) is 7.06. The molecule has 2 aromatic carbocycles. The van der Waals surface area contributed by atoms with E-state index in [1.54, 1.807) is 33.4 Å². The van der Waals surface area contributed by atoms with Gasteiger partial charge >= 0.3 is 5.69 Å². The number of amides is 1. The number of nitriles is 1. The zero-order valence-electron chi connectivity index (χ0n) is 20.3. The molecular weight excluding hydrogens is 512 g/mol. The van der Waals surface area contributed by atoms with Crippen LogP contribution < -0.4 is 11.0 Å². The van der Waals surface area contributed by atoms with Crippen LogP contribution in [0.5, 0.6) is 0 Å². The number of carbonyl (C=O) groups is 1. The van der Waals surface area contributed by atoms with E-state index >= 15 is 0 Å². The second-order valence-corrected chi connectivity index (χ2v) is 9.86. The highest BCUT2D eigenvalue weighted by Crippen LogP contribution is 2.29. The number of para-hydroxylation sites is 3. The van der Waals surface area contributed by atoms with Crippen LogP contribution in [0.2, 0.25) is 5.02 Å². The Morgan fingerprint density at radius 2 is 1.79 bits per heavy atom. The lowest BCUT2D eigenvalue weighted by Crippen LogP contribution is -2.39. The predicted octanol–water partition coefficient (Wildman–Crippen LogP) is 5.64. The number of fused-ring (bicyclic) bond motifs is 1. The summed E-state index contributed by atoms with van der Waals surface area (Å²) in [6.07, 6.45) is 1.02. The lowest BCUT2D eigenvalue weighted by molar-refractivity contribution is 0.0904. The van der Waals surface area contributed by atoms with E-state index < -0.39 is 18.0 Å². The third-order valence-corrected chi connectivity index (χ3v) is 7.27. The summed E-state index contributed by atoms with van der Waals surface area (Å²) in [6, 6.07) is 17.7. The summed E-state index contributed by atoms with van der Waals surface area (Å²) in [6.45, 7) is 0.496. The number of hydrogen-bond acceptors (Lipinski definition) is 4. The first-order valence-corrected chi connectivity index (χ1v) is 12.7. The first kappa shape index (κ1) is 25.6. The molecule has 1 N–H and O–H groups in total. The smallest absolute Gasteiger partial charge is 0.333 e. The van der Waals surface area contributed by atoms with Gasteiger partial charge in [0.15, 0.2) is 0 Å². The molecule has 1 amide bonds. The van der Waals surface area contributed by atoms with Crippen LogP contribution in [0.4, 0.5) is 8.78 Å². The molecule has 1 aliphatic carbocycles. The number of carbonyl (C=O) groups excluding carboxylic acids is 1. The lowest BCUT2D eigenvalue weighted by atomic mass is 9.85. The molecule has 1 aliphatic rings. The largest absolute Gasteiger partial charge is 0.349 e. The SMILES string of the molecule is N#Cc1ccccc1-n1c(=O)n(CC2CCC(NC(=O)c3cc(Cl)cnc3C(F)F)CC2)c2ccccc21. The maximum absolute atomic E-state index is 13.6. The number of halogens is 3. The molecule has 0 atom stereocenters. The summed E-state index contributed by atoms with van der Waals surface area (Å²) in [7, 11) is 0. The second kappa shape index (κ2) is 10.8. The van der Waals surface area contributed by atoms with Crippen LogP contribution >= 0.6 is 11.6 Å². The van der Waals surface area contributed by atoms with E-state index in [2.05, 4.69) is 16.4 Å². The molecule has 1 saturated carbocycles. The van der Waals surface area contributed by atoms with Crippen LogP contribution in [0.3, 0.4) is 0 Å². The molecule has 38 heavy (non-hydrogen) atoms. The van der Waals surface area contributed by atoms with Gasteiger partial charge in [0.25, 0.3) is 12.3 Å². The Bertz CT molecular complexity index is 1600. The van der Waals surface area contributed by atoms with E-state index in [9.17, 15) is 23.6 Å². The van der Waals surface area contributed by atoms with Gasteiger partial charge in [-0.15, -0.1) is 0 Å². The Labute approximate surface area is 222 Å². The van der Waals surface area contributed by atoms with Gasteiger partial charge in [0, 0.05) is 18.8 Å². The topological polar surface area (TPSA) is 92.7 Å². The highest BCUT2D eigenvalue weighted by atomic mass is 35.5. The van der Waals surface area contributed by atoms with E-state index in [1.165, 1.54) is 6.07 Å². The van der Waals surface area contributed by atoms with Crippen molar-refractivity contribution in [3.63, 3.8) is 0 Å². The molecule has 0 unspecified atom stereocenters. The van der Waals surface area contributed by atoms with Crippen molar-refractivity contribution in [2.45, 2.75) is 44.7 Å². The van der Waals surface area contributed by atoms with Crippen LogP contribution in [0.25, 0.3) is 16.7 Å². The number of imidazole rings is 1. The predicted molar refractivity (Wildman–Crippen MR) is 140 cm³/mol. The fourth-order valence-corrected chi connectivity index (χ4v) is 5.35. The summed E-state index contributed by atoms with van der Waals surface area (Å²) in [5.41, 5.74) is 1.46. The zero-order valence-corrected chi connectivity index (χ0v) is 21.0. The fourth-order valence-electron chi connectivity index (χ4n) is 5.20. The van der Waals surface area contributed by atoms with Crippen LogP contribution in [0, 0.1) is 17.2 Å². The number of alkyl halides is 2. The number of pyridine rings is 1. The molecule has 0 radical (unpaired) electrons. The van der Waals surface area contributed by atoms with Crippen molar-refractivity contribution < 1.29 is 13.6 Å². The average molecular weight is 536 g/mol. The Morgan fingerprint density at radius 1 is 1.11 bits per heavy atom. The Kier molecular flexibility index (Phi) is 7.25. The third kappa shape index (κ3) is 4.92. The lowest BCUT2D eigenvalue weighted by Gasteiger charge is -2.29. The molecule has 5 rings (SSSR count). The minimum absolute atomic E-state index is 0.116. The first-order chi connectivity index (χ1) is 18.4. The Balaban J connectivity index is 1.32. The molecular formula is C28H24ClF2N5O2. The van der Waals surface area contributed by atoms with E-state index in [4.69, 9.17) is 11.6 Å². The number of aromatic nitrogens is 3. The number of nitrogens with zero attached hydrogens (tertiary/aromatic N) is 4. The maximum atomic E-state index is 13.6. The Hall–Kier alpha value is -4.03. The molecule has 4 aromatic rings. The minimum atomic E-state index is -2.88. The molecule has 1 fully saturated rings. The second-order valence-electron chi connectivity index (χ2n) is 9.42. The van der Waals surface area contributed by atoms with Gasteiger partial charge in [-0.05, 0) is 61.9 Å². The van der Waals surface area contributed by atoms with Crippen molar-refractivity contribution in [3.05, 3.63) is 93.1 Å². The molecule has 0 bridgehead atoms. The van der Waals surface area contributed by atoms with Crippen molar-refractivity contribution in [2.75, 3.05) is 0 Å². The van der Waals surface area contributed by atoms with Gasteiger partial charge in [-0.1, -0.05) is 35.9 Å². The van der Waals surface area contributed by atoms with Gasteiger partial charge in [0.1, 0.15) is 11.8 Å². The number of benzene rings is 2.